The van der Waals surface area contributed by atoms with E-state index in [2.05, 4.69) is 20.3 Å². The lowest BCUT2D eigenvalue weighted by atomic mass is 10.2. The summed E-state index contributed by atoms with van der Waals surface area (Å²) in [6, 6.07) is 7.33. The highest BCUT2D eigenvalue weighted by Gasteiger charge is 2.16. The van der Waals surface area contributed by atoms with E-state index in [0.717, 1.165) is 11.5 Å². The highest BCUT2D eigenvalue weighted by Crippen LogP contribution is 2.17. The normalized spacial score (nSPS) is 15.5. The van der Waals surface area contributed by atoms with Crippen LogP contribution in [-0.4, -0.2) is 47.7 Å². The van der Waals surface area contributed by atoms with Gasteiger partial charge in [0.15, 0.2) is 5.96 Å². The number of nitrogens with one attached hydrogen (secondary N) is 3. The second kappa shape index (κ2) is 11.7. The van der Waals surface area contributed by atoms with Crippen molar-refractivity contribution in [2.75, 3.05) is 27.3 Å². The Balaban J connectivity index is 0.00000338. The molecule has 0 saturated heterocycles. The predicted octanol–water partition coefficient (Wildman–Crippen LogP) is 1.84. The molecule has 0 aromatic heterocycles. The summed E-state index contributed by atoms with van der Waals surface area (Å²) >= 11 is 0. The number of ether oxygens (including phenoxy) is 1. The Hall–Kier alpha value is -0.910. The molecule has 1 aliphatic rings. The first-order valence-corrected chi connectivity index (χ1v) is 10.1. The molecular weight excluding hydrogens is 467 g/mol. The smallest absolute Gasteiger partial charge is 0.240 e. The van der Waals surface area contributed by atoms with Gasteiger partial charge in [0.1, 0.15) is 0 Å². The fraction of sp³-hybridized carbons (Fsp3) is 0.588. The summed E-state index contributed by atoms with van der Waals surface area (Å²) in [5, 5.41) is 6.69. The largest absolute Gasteiger partial charge is 0.383 e. The van der Waals surface area contributed by atoms with Crippen LogP contribution in [0.15, 0.2) is 34.2 Å². The molecule has 1 aliphatic carbocycles. The van der Waals surface area contributed by atoms with Gasteiger partial charge in [-0.1, -0.05) is 25.0 Å². The molecule has 3 N–H and O–H groups in total. The number of hydrogen-bond donors (Lipinski definition) is 3. The zero-order chi connectivity index (χ0) is 18.1. The van der Waals surface area contributed by atoms with Crippen molar-refractivity contribution < 1.29 is 13.2 Å². The van der Waals surface area contributed by atoms with Gasteiger partial charge in [-0.05, 0) is 30.5 Å². The molecule has 1 aromatic carbocycles. The number of nitrogens with zero attached hydrogens (tertiary/aromatic N) is 1. The summed E-state index contributed by atoms with van der Waals surface area (Å²) in [5.41, 5.74) is 0.991. The molecule has 0 bridgehead atoms. The lowest BCUT2D eigenvalue weighted by Crippen LogP contribution is -2.41. The summed E-state index contributed by atoms with van der Waals surface area (Å²) in [5.74, 6) is 0.782. The van der Waals surface area contributed by atoms with Gasteiger partial charge in [-0.3, -0.25) is 4.99 Å². The van der Waals surface area contributed by atoms with Gasteiger partial charge < -0.3 is 15.4 Å². The molecule has 0 radical (unpaired) electrons. The maximum Gasteiger partial charge on any atom is 0.240 e. The van der Waals surface area contributed by atoms with Gasteiger partial charge in [-0.25, -0.2) is 13.1 Å². The molecule has 0 heterocycles. The van der Waals surface area contributed by atoms with Crippen molar-refractivity contribution in [2.45, 2.75) is 43.2 Å². The van der Waals surface area contributed by atoms with Crippen LogP contribution in [0.2, 0.25) is 0 Å². The molecule has 1 saturated carbocycles. The van der Waals surface area contributed by atoms with Crippen LogP contribution in [0.3, 0.4) is 0 Å². The number of hydrogen-bond acceptors (Lipinski definition) is 4. The Kier molecular flexibility index (Phi) is 10.4. The number of sulfonamides is 1. The zero-order valence-electron chi connectivity index (χ0n) is 15.3. The van der Waals surface area contributed by atoms with E-state index in [1.165, 1.54) is 32.8 Å². The number of halogens is 1. The minimum Gasteiger partial charge on any atom is -0.383 e. The third-order valence-corrected chi connectivity index (χ3v) is 5.69. The molecular formula is C17H29IN4O3S. The quantitative estimate of drug-likeness (QED) is 0.221. The molecule has 9 heteroatoms. The molecule has 0 amide bonds. The molecule has 1 fully saturated rings. The maximum atomic E-state index is 12.1. The standard InChI is InChI=1S/C17H28N4O3S.HI/c1-18-17(21-15-5-3-4-6-15)19-13-14-7-9-16(10-8-14)25(22,23)20-11-12-24-2;/h7-10,15,20H,3-6,11-13H2,1-2H3,(H2,18,19,21);1H. The van der Waals surface area contributed by atoms with Crippen molar-refractivity contribution in [1.29, 1.82) is 0 Å². The topological polar surface area (TPSA) is 91.8 Å². The van der Waals surface area contributed by atoms with Gasteiger partial charge in [0, 0.05) is 33.3 Å². The number of aliphatic imine (C=N–C) groups is 1. The summed E-state index contributed by atoms with van der Waals surface area (Å²) in [6.07, 6.45) is 4.90. The molecule has 0 spiro atoms. The van der Waals surface area contributed by atoms with Crippen molar-refractivity contribution >= 4 is 40.0 Å². The molecule has 148 valence electrons. The Labute approximate surface area is 173 Å². The van der Waals surface area contributed by atoms with Gasteiger partial charge in [-0.15, -0.1) is 24.0 Å². The van der Waals surface area contributed by atoms with Crippen LogP contribution in [0.25, 0.3) is 0 Å². The average Bonchev–Trinajstić information content (AvgIpc) is 3.12. The second-order valence-corrected chi connectivity index (χ2v) is 7.85. The summed E-state index contributed by atoms with van der Waals surface area (Å²) < 4.78 is 31.6. The fourth-order valence-corrected chi connectivity index (χ4v) is 3.80. The highest BCUT2D eigenvalue weighted by molar-refractivity contribution is 14.0. The van der Waals surface area contributed by atoms with Gasteiger partial charge >= 0.3 is 0 Å². The van der Waals surface area contributed by atoms with E-state index in [-0.39, 0.29) is 35.4 Å². The number of guanidine groups is 1. The van der Waals surface area contributed by atoms with Gasteiger partial charge in [0.05, 0.1) is 11.5 Å². The molecule has 1 aromatic rings. The first-order chi connectivity index (χ1) is 12.0. The Bertz CT molecular complexity index is 659. The van der Waals surface area contributed by atoms with E-state index in [1.54, 1.807) is 31.3 Å². The van der Waals surface area contributed by atoms with Crippen molar-refractivity contribution in [2.24, 2.45) is 4.99 Å². The van der Waals surface area contributed by atoms with E-state index in [4.69, 9.17) is 4.74 Å². The minimum atomic E-state index is -3.49. The van der Waals surface area contributed by atoms with Gasteiger partial charge in [-0.2, -0.15) is 0 Å². The van der Waals surface area contributed by atoms with Gasteiger partial charge in [0.25, 0.3) is 0 Å². The van der Waals surface area contributed by atoms with Crippen LogP contribution in [0.5, 0.6) is 0 Å². The molecule has 0 aliphatic heterocycles. The monoisotopic (exact) mass is 496 g/mol. The van der Waals surface area contributed by atoms with Crippen molar-refractivity contribution in [1.82, 2.24) is 15.4 Å². The molecule has 2 rings (SSSR count). The average molecular weight is 496 g/mol. The minimum absolute atomic E-state index is 0. The molecule has 7 nitrogen and oxygen atoms in total. The highest BCUT2D eigenvalue weighted by atomic mass is 127. The van der Waals surface area contributed by atoms with E-state index in [0.29, 0.717) is 19.2 Å². The van der Waals surface area contributed by atoms with Crippen LogP contribution in [0, 0.1) is 0 Å². The SMILES string of the molecule is CN=C(NCc1ccc(S(=O)(=O)NCCOC)cc1)NC1CCCC1.I. The van der Waals surface area contributed by atoms with Crippen LogP contribution in [-0.2, 0) is 21.3 Å². The lowest BCUT2D eigenvalue weighted by Gasteiger charge is -2.17. The van der Waals surface area contributed by atoms with E-state index >= 15 is 0 Å². The zero-order valence-corrected chi connectivity index (χ0v) is 18.5. The Morgan fingerprint density at radius 1 is 1.23 bits per heavy atom. The van der Waals surface area contributed by atoms with Crippen molar-refractivity contribution in [3.05, 3.63) is 29.8 Å². The predicted molar refractivity (Wildman–Crippen MR) is 115 cm³/mol. The number of benzene rings is 1. The third kappa shape index (κ3) is 7.37. The first-order valence-electron chi connectivity index (χ1n) is 8.60. The van der Waals surface area contributed by atoms with Crippen molar-refractivity contribution in [3.63, 3.8) is 0 Å². The fourth-order valence-electron chi connectivity index (χ4n) is 2.79. The van der Waals surface area contributed by atoms with Crippen LogP contribution < -0.4 is 15.4 Å². The lowest BCUT2D eigenvalue weighted by molar-refractivity contribution is 0.204. The second-order valence-electron chi connectivity index (χ2n) is 6.09. The Morgan fingerprint density at radius 2 is 1.88 bits per heavy atom. The number of methoxy groups -OCH3 is 1. The summed E-state index contributed by atoms with van der Waals surface area (Å²) in [4.78, 5) is 4.49. The molecule has 0 atom stereocenters. The van der Waals surface area contributed by atoms with Crippen molar-refractivity contribution in [3.8, 4) is 0 Å². The van der Waals surface area contributed by atoms with Gasteiger partial charge in [0.2, 0.25) is 10.0 Å². The number of rotatable bonds is 8. The summed E-state index contributed by atoms with van der Waals surface area (Å²) in [7, 11) is -0.199. The Morgan fingerprint density at radius 3 is 2.46 bits per heavy atom. The third-order valence-electron chi connectivity index (χ3n) is 4.21. The van der Waals surface area contributed by atoms with Crippen LogP contribution >= 0.6 is 24.0 Å². The van der Waals surface area contributed by atoms with E-state index in [1.807, 2.05) is 0 Å². The van der Waals surface area contributed by atoms with E-state index < -0.39 is 10.0 Å². The van der Waals surface area contributed by atoms with E-state index in [9.17, 15) is 8.42 Å². The molecule has 26 heavy (non-hydrogen) atoms. The maximum absolute atomic E-state index is 12.1. The summed E-state index contributed by atoms with van der Waals surface area (Å²) in [6.45, 7) is 1.18. The van der Waals surface area contributed by atoms with Crippen LogP contribution in [0.1, 0.15) is 31.2 Å². The molecule has 0 unspecified atom stereocenters. The van der Waals surface area contributed by atoms with Crippen LogP contribution in [0.4, 0.5) is 0 Å². The first kappa shape index (κ1) is 23.1.